The Labute approximate surface area is 234 Å². The number of rotatable bonds is 6. The van der Waals surface area contributed by atoms with Crippen molar-refractivity contribution >= 4 is 15.7 Å². The Morgan fingerprint density at radius 2 is 1.48 bits per heavy atom. The minimum absolute atomic E-state index is 0.117. The molecular formula is C32H31NO6S. The molecule has 7 nitrogen and oxygen atoms in total. The van der Waals surface area contributed by atoms with Crippen molar-refractivity contribution in [1.29, 1.82) is 0 Å². The van der Waals surface area contributed by atoms with Crippen molar-refractivity contribution in [2.45, 2.75) is 29.8 Å². The number of β-amino-alcohol motifs (C(OH)–C–C–N with tert-alkyl or cyclic N) is 1. The van der Waals surface area contributed by atoms with E-state index in [0.29, 0.717) is 28.5 Å². The van der Waals surface area contributed by atoms with Gasteiger partial charge in [-0.3, -0.25) is 4.31 Å². The van der Waals surface area contributed by atoms with E-state index in [1.165, 1.54) is 4.31 Å². The molecule has 2 atom stereocenters. The van der Waals surface area contributed by atoms with Gasteiger partial charge in [0.25, 0.3) is 10.0 Å². The standard InChI is InChI=1S/C32H31NO6S/c1-20-10-12-23(13-11-20)40(35,36)33-19-32(34)18-22-14-29(38-3)30(39-4)16-25(22)31(32)26-15-24(21-8-6-5-7-9-21)28(37-2)17-27(26)33/h5-17,31,34H,18-19H2,1-4H3. The minimum Gasteiger partial charge on any atom is -0.496 e. The van der Waals surface area contributed by atoms with Crippen LogP contribution in [0, 0.1) is 6.92 Å². The Kier molecular flexibility index (Phi) is 6.27. The molecular weight excluding hydrogens is 526 g/mol. The van der Waals surface area contributed by atoms with Gasteiger partial charge in [0.05, 0.1) is 44.1 Å². The van der Waals surface area contributed by atoms with Crippen molar-refractivity contribution in [3.05, 3.63) is 101 Å². The Balaban J connectivity index is 1.62. The van der Waals surface area contributed by atoms with E-state index in [-0.39, 0.29) is 17.9 Å². The van der Waals surface area contributed by atoms with Gasteiger partial charge in [0.1, 0.15) is 5.75 Å². The summed E-state index contributed by atoms with van der Waals surface area (Å²) in [4.78, 5) is 0.163. The van der Waals surface area contributed by atoms with Crippen LogP contribution in [0.5, 0.6) is 17.2 Å². The number of ether oxygens (including phenoxy) is 3. The molecule has 4 aromatic carbocycles. The smallest absolute Gasteiger partial charge is 0.264 e. The molecule has 1 N–H and O–H groups in total. The third kappa shape index (κ3) is 4.01. The van der Waals surface area contributed by atoms with E-state index in [4.69, 9.17) is 14.2 Å². The molecule has 0 spiro atoms. The number of aryl methyl sites for hydroxylation is 1. The average molecular weight is 558 g/mol. The highest BCUT2D eigenvalue weighted by atomic mass is 32.2. The van der Waals surface area contributed by atoms with E-state index in [1.54, 1.807) is 51.7 Å². The first-order valence-electron chi connectivity index (χ1n) is 13.0. The number of methoxy groups -OCH3 is 3. The number of nitrogens with zero attached hydrogens (tertiary/aromatic N) is 1. The average Bonchev–Trinajstić information content (AvgIpc) is 3.27. The lowest BCUT2D eigenvalue weighted by molar-refractivity contribution is 0.0415. The molecule has 1 aliphatic carbocycles. The third-order valence-corrected chi connectivity index (χ3v) is 9.80. The van der Waals surface area contributed by atoms with Crippen molar-refractivity contribution in [2.24, 2.45) is 0 Å². The number of hydrogen-bond acceptors (Lipinski definition) is 6. The second-order valence-electron chi connectivity index (χ2n) is 10.4. The van der Waals surface area contributed by atoms with Crippen molar-refractivity contribution in [1.82, 2.24) is 0 Å². The lowest BCUT2D eigenvalue weighted by Crippen LogP contribution is -2.52. The summed E-state index contributed by atoms with van der Waals surface area (Å²) >= 11 is 0. The zero-order chi connectivity index (χ0) is 28.2. The number of aliphatic hydroxyl groups is 1. The first kappa shape index (κ1) is 26.2. The quantitative estimate of drug-likeness (QED) is 0.346. The summed E-state index contributed by atoms with van der Waals surface area (Å²) in [5, 5.41) is 12.3. The Morgan fingerprint density at radius 3 is 2.12 bits per heavy atom. The minimum atomic E-state index is -4.02. The van der Waals surface area contributed by atoms with Crippen molar-refractivity contribution in [2.75, 3.05) is 32.2 Å². The van der Waals surface area contributed by atoms with Gasteiger partial charge < -0.3 is 19.3 Å². The normalized spacial score (nSPS) is 19.4. The number of sulfonamides is 1. The highest BCUT2D eigenvalue weighted by Gasteiger charge is 2.53. The summed E-state index contributed by atoms with van der Waals surface area (Å²) in [5.74, 6) is 1.17. The fraction of sp³-hybridized carbons (Fsp3) is 0.250. The maximum Gasteiger partial charge on any atom is 0.264 e. The van der Waals surface area contributed by atoms with Gasteiger partial charge in [-0.1, -0.05) is 48.0 Å². The number of anilines is 1. The largest absolute Gasteiger partial charge is 0.496 e. The van der Waals surface area contributed by atoms with Gasteiger partial charge in [0.2, 0.25) is 0 Å². The topological polar surface area (TPSA) is 85.3 Å². The number of hydrogen-bond donors (Lipinski definition) is 1. The summed E-state index contributed by atoms with van der Waals surface area (Å²) in [5.41, 5.74) is 4.26. The summed E-state index contributed by atoms with van der Waals surface area (Å²) in [6, 6.07) is 24.1. The summed E-state index contributed by atoms with van der Waals surface area (Å²) in [6.07, 6.45) is 0.263. The predicted octanol–water partition coefficient (Wildman–Crippen LogP) is 5.32. The maximum absolute atomic E-state index is 14.2. The second-order valence-corrected chi connectivity index (χ2v) is 12.3. The summed E-state index contributed by atoms with van der Waals surface area (Å²) in [7, 11) is 0.713. The van der Waals surface area contributed by atoms with Crippen LogP contribution in [0.1, 0.15) is 28.2 Å². The SMILES string of the molecule is COc1cc2c(cc1OC)C1c3cc(-c4ccccc4)c(OC)cc3N(S(=O)(=O)c3ccc(C)cc3)CC1(O)C2. The molecule has 0 fully saturated rings. The van der Waals surface area contributed by atoms with Gasteiger partial charge in [-0.2, -0.15) is 0 Å². The predicted molar refractivity (Wildman–Crippen MR) is 154 cm³/mol. The molecule has 1 heterocycles. The maximum atomic E-state index is 14.2. The number of benzene rings is 4. The van der Waals surface area contributed by atoms with Gasteiger partial charge in [-0.05, 0) is 59.5 Å². The van der Waals surface area contributed by atoms with Gasteiger partial charge in [0, 0.05) is 24.0 Å². The fourth-order valence-corrected chi connectivity index (χ4v) is 7.66. The Bertz CT molecular complexity index is 1700. The Morgan fingerprint density at radius 1 is 0.825 bits per heavy atom. The molecule has 206 valence electrons. The monoisotopic (exact) mass is 557 g/mol. The van der Waals surface area contributed by atoms with Crippen LogP contribution in [0.4, 0.5) is 5.69 Å². The van der Waals surface area contributed by atoms with Gasteiger partial charge in [0.15, 0.2) is 11.5 Å². The van der Waals surface area contributed by atoms with Crippen LogP contribution >= 0.6 is 0 Å². The Hall–Kier alpha value is -4.01. The molecule has 4 aromatic rings. The van der Waals surface area contributed by atoms with Crippen molar-refractivity contribution in [3.8, 4) is 28.4 Å². The fourth-order valence-electron chi connectivity index (χ4n) is 6.12. The first-order chi connectivity index (χ1) is 19.2. The van der Waals surface area contributed by atoms with Crippen LogP contribution in [0.3, 0.4) is 0 Å². The van der Waals surface area contributed by atoms with Gasteiger partial charge in [-0.25, -0.2) is 8.42 Å². The van der Waals surface area contributed by atoms with Crippen LogP contribution in [0.15, 0.2) is 83.8 Å². The second kappa shape index (κ2) is 9.57. The van der Waals surface area contributed by atoms with E-state index in [9.17, 15) is 13.5 Å². The third-order valence-electron chi connectivity index (χ3n) is 8.03. The summed E-state index contributed by atoms with van der Waals surface area (Å²) < 4.78 is 46.6. The summed E-state index contributed by atoms with van der Waals surface area (Å²) in [6.45, 7) is 1.79. The molecule has 40 heavy (non-hydrogen) atoms. The van der Waals surface area contributed by atoms with E-state index in [2.05, 4.69) is 0 Å². The molecule has 0 amide bonds. The van der Waals surface area contributed by atoms with Crippen LogP contribution in [0.2, 0.25) is 0 Å². The molecule has 8 heteroatoms. The molecule has 2 unspecified atom stereocenters. The molecule has 1 aliphatic heterocycles. The van der Waals surface area contributed by atoms with Crippen molar-refractivity contribution < 1.29 is 27.7 Å². The van der Waals surface area contributed by atoms with Crippen LogP contribution in [0.25, 0.3) is 11.1 Å². The molecule has 0 saturated carbocycles. The van der Waals surface area contributed by atoms with Gasteiger partial charge in [-0.15, -0.1) is 0 Å². The van der Waals surface area contributed by atoms with E-state index in [0.717, 1.165) is 27.8 Å². The first-order valence-corrected chi connectivity index (χ1v) is 14.5. The zero-order valence-corrected chi connectivity index (χ0v) is 23.7. The van der Waals surface area contributed by atoms with E-state index < -0.39 is 21.5 Å². The van der Waals surface area contributed by atoms with Crippen LogP contribution in [-0.4, -0.2) is 47.0 Å². The molecule has 0 radical (unpaired) electrons. The zero-order valence-electron chi connectivity index (χ0n) is 22.8. The molecule has 2 aliphatic rings. The highest BCUT2D eigenvalue weighted by molar-refractivity contribution is 7.92. The highest BCUT2D eigenvalue weighted by Crippen LogP contribution is 2.56. The number of fused-ring (bicyclic) bond motifs is 5. The molecule has 6 rings (SSSR count). The lowest BCUT2D eigenvalue weighted by atomic mass is 9.77. The van der Waals surface area contributed by atoms with Gasteiger partial charge >= 0.3 is 0 Å². The van der Waals surface area contributed by atoms with E-state index in [1.807, 2.05) is 55.5 Å². The molecule has 0 saturated heterocycles. The molecule has 0 bridgehead atoms. The van der Waals surface area contributed by atoms with Crippen LogP contribution in [-0.2, 0) is 16.4 Å². The molecule has 0 aromatic heterocycles. The van der Waals surface area contributed by atoms with E-state index >= 15 is 0 Å². The van der Waals surface area contributed by atoms with Crippen molar-refractivity contribution in [3.63, 3.8) is 0 Å². The van der Waals surface area contributed by atoms with Crippen LogP contribution < -0.4 is 18.5 Å². The lowest BCUT2D eigenvalue weighted by Gasteiger charge is -2.43.